The summed E-state index contributed by atoms with van der Waals surface area (Å²) in [6, 6.07) is 4.34. The first kappa shape index (κ1) is 9.75. The van der Waals surface area contributed by atoms with Crippen LogP contribution >= 0.6 is 11.3 Å². The van der Waals surface area contributed by atoms with Crippen LogP contribution in [0.25, 0.3) is 0 Å². The van der Waals surface area contributed by atoms with Gasteiger partial charge >= 0.3 is 0 Å². The highest BCUT2D eigenvalue weighted by Gasteiger charge is 2.15. The van der Waals surface area contributed by atoms with E-state index in [1.165, 1.54) is 22.6 Å². The summed E-state index contributed by atoms with van der Waals surface area (Å²) in [6.07, 6.45) is 2.39. The SMILES string of the molecule is CCCc1ccc(C(C)(C)N)s1. The second-order valence-corrected chi connectivity index (χ2v) is 4.91. The molecule has 2 heteroatoms. The molecule has 0 bridgehead atoms. The Morgan fingerprint density at radius 3 is 2.50 bits per heavy atom. The van der Waals surface area contributed by atoms with E-state index in [0.29, 0.717) is 0 Å². The lowest BCUT2D eigenvalue weighted by molar-refractivity contribution is 0.567. The molecule has 1 aromatic rings. The van der Waals surface area contributed by atoms with Crippen LogP contribution in [0, 0.1) is 0 Å². The molecule has 2 N–H and O–H groups in total. The molecule has 1 rings (SSSR count). The van der Waals surface area contributed by atoms with Gasteiger partial charge in [0.2, 0.25) is 0 Å². The van der Waals surface area contributed by atoms with Gasteiger partial charge in [0.15, 0.2) is 0 Å². The average Bonchev–Trinajstić information content (AvgIpc) is 2.35. The van der Waals surface area contributed by atoms with Gasteiger partial charge in [-0.05, 0) is 32.4 Å². The van der Waals surface area contributed by atoms with Crippen LogP contribution in [0.15, 0.2) is 12.1 Å². The Bertz CT molecular complexity index is 245. The van der Waals surface area contributed by atoms with Crippen molar-refractivity contribution in [1.82, 2.24) is 0 Å². The smallest absolute Gasteiger partial charge is 0.0446 e. The number of aryl methyl sites for hydroxylation is 1. The summed E-state index contributed by atoms with van der Waals surface area (Å²) in [5.74, 6) is 0. The van der Waals surface area contributed by atoms with Crippen LogP contribution in [0.4, 0.5) is 0 Å². The van der Waals surface area contributed by atoms with Gasteiger partial charge in [-0.2, -0.15) is 0 Å². The molecule has 12 heavy (non-hydrogen) atoms. The summed E-state index contributed by atoms with van der Waals surface area (Å²) in [6.45, 7) is 6.30. The first-order valence-corrected chi connectivity index (χ1v) is 5.23. The molecule has 0 fully saturated rings. The molecule has 0 amide bonds. The normalized spacial score (nSPS) is 12.0. The van der Waals surface area contributed by atoms with Crippen molar-refractivity contribution in [2.24, 2.45) is 5.73 Å². The predicted molar refractivity (Wildman–Crippen MR) is 55.5 cm³/mol. The molecule has 1 heterocycles. The quantitative estimate of drug-likeness (QED) is 0.766. The van der Waals surface area contributed by atoms with Crippen LogP contribution in [-0.2, 0) is 12.0 Å². The van der Waals surface area contributed by atoms with Crippen LogP contribution in [0.1, 0.15) is 36.9 Å². The third-order valence-electron chi connectivity index (χ3n) is 1.79. The van der Waals surface area contributed by atoms with E-state index >= 15 is 0 Å². The highest BCUT2D eigenvalue weighted by Crippen LogP contribution is 2.26. The van der Waals surface area contributed by atoms with Gasteiger partial charge in [-0.15, -0.1) is 11.3 Å². The minimum absolute atomic E-state index is 0.170. The zero-order valence-corrected chi connectivity index (χ0v) is 8.87. The zero-order valence-electron chi connectivity index (χ0n) is 8.05. The molecule has 68 valence electrons. The maximum atomic E-state index is 5.98. The second-order valence-electron chi connectivity index (χ2n) is 3.74. The molecule has 0 radical (unpaired) electrons. The Labute approximate surface area is 78.6 Å². The Hall–Kier alpha value is -0.340. The molecular formula is C10H17NS. The van der Waals surface area contributed by atoms with E-state index in [0.717, 1.165) is 0 Å². The molecule has 0 saturated carbocycles. The van der Waals surface area contributed by atoms with Crippen molar-refractivity contribution in [3.05, 3.63) is 21.9 Å². The van der Waals surface area contributed by atoms with Crippen LogP contribution in [-0.4, -0.2) is 0 Å². The summed E-state index contributed by atoms with van der Waals surface area (Å²) in [7, 11) is 0. The maximum Gasteiger partial charge on any atom is 0.0446 e. The van der Waals surface area contributed by atoms with Gasteiger partial charge in [0.1, 0.15) is 0 Å². The average molecular weight is 183 g/mol. The van der Waals surface area contributed by atoms with E-state index in [9.17, 15) is 0 Å². The van der Waals surface area contributed by atoms with Crippen molar-refractivity contribution in [1.29, 1.82) is 0 Å². The highest BCUT2D eigenvalue weighted by molar-refractivity contribution is 7.12. The van der Waals surface area contributed by atoms with Gasteiger partial charge < -0.3 is 5.73 Å². The molecule has 0 aliphatic heterocycles. The summed E-state index contributed by atoms with van der Waals surface area (Å²) < 4.78 is 0. The van der Waals surface area contributed by atoms with E-state index in [-0.39, 0.29) is 5.54 Å². The maximum absolute atomic E-state index is 5.98. The summed E-state index contributed by atoms with van der Waals surface area (Å²) in [5, 5.41) is 0. The first-order chi connectivity index (χ1) is 5.54. The Kier molecular flexibility index (Phi) is 2.91. The third kappa shape index (κ3) is 2.32. The van der Waals surface area contributed by atoms with E-state index in [1.54, 1.807) is 0 Å². The molecule has 1 nitrogen and oxygen atoms in total. The number of thiophene rings is 1. The van der Waals surface area contributed by atoms with Gasteiger partial charge in [0.05, 0.1) is 0 Å². The lowest BCUT2D eigenvalue weighted by Gasteiger charge is -2.15. The topological polar surface area (TPSA) is 26.0 Å². The number of rotatable bonds is 3. The summed E-state index contributed by atoms with van der Waals surface area (Å²) in [4.78, 5) is 2.73. The Morgan fingerprint density at radius 1 is 1.42 bits per heavy atom. The fraction of sp³-hybridized carbons (Fsp3) is 0.600. The predicted octanol–water partition coefficient (Wildman–Crippen LogP) is 2.89. The Balaban J connectivity index is 2.77. The van der Waals surface area contributed by atoms with E-state index in [1.807, 2.05) is 11.3 Å². The van der Waals surface area contributed by atoms with Crippen molar-refractivity contribution in [3.8, 4) is 0 Å². The summed E-state index contributed by atoms with van der Waals surface area (Å²) in [5.41, 5.74) is 5.81. The van der Waals surface area contributed by atoms with Gasteiger partial charge in [-0.3, -0.25) is 0 Å². The first-order valence-electron chi connectivity index (χ1n) is 4.42. The molecule has 0 spiro atoms. The highest BCUT2D eigenvalue weighted by atomic mass is 32.1. The van der Waals surface area contributed by atoms with Crippen LogP contribution in [0.2, 0.25) is 0 Å². The van der Waals surface area contributed by atoms with Gasteiger partial charge in [0, 0.05) is 15.3 Å². The molecule has 0 saturated heterocycles. The van der Waals surface area contributed by atoms with Gasteiger partial charge in [0.25, 0.3) is 0 Å². The van der Waals surface area contributed by atoms with Gasteiger partial charge in [-0.1, -0.05) is 13.3 Å². The van der Waals surface area contributed by atoms with E-state index in [2.05, 4.69) is 32.9 Å². The monoisotopic (exact) mass is 183 g/mol. The minimum atomic E-state index is -0.170. The molecule has 0 atom stereocenters. The van der Waals surface area contributed by atoms with Crippen molar-refractivity contribution in [2.75, 3.05) is 0 Å². The van der Waals surface area contributed by atoms with E-state index in [4.69, 9.17) is 5.73 Å². The lowest BCUT2D eigenvalue weighted by Crippen LogP contribution is -2.27. The second kappa shape index (κ2) is 3.58. The van der Waals surface area contributed by atoms with E-state index < -0.39 is 0 Å². The van der Waals surface area contributed by atoms with Crippen LogP contribution < -0.4 is 5.73 Å². The number of hydrogen-bond donors (Lipinski definition) is 1. The fourth-order valence-corrected chi connectivity index (χ4v) is 2.23. The van der Waals surface area contributed by atoms with Crippen molar-refractivity contribution in [3.63, 3.8) is 0 Å². The Morgan fingerprint density at radius 2 is 2.08 bits per heavy atom. The molecule has 0 aromatic carbocycles. The largest absolute Gasteiger partial charge is 0.321 e. The van der Waals surface area contributed by atoms with Crippen molar-refractivity contribution >= 4 is 11.3 Å². The molecule has 0 aliphatic rings. The zero-order chi connectivity index (χ0) is 9.19. The molecule has 0 unspecified atom stereocenters. The van der Waals surface area contributed by atoms with Crippen LogP contribution in [0.3, 0.4) is 0 Å². The number of nitrogens with two attached hydrogens (primary N) is 1. The molecule has 1 aromatic heterocycles. The van der Waals surface area contributed by atoms with Crippen molar-refractivity contribution < 1.29 is 0 Å². The number of hydrogen-bond acceptors (Lipinski definition) is 2. The third-order valence-corrected chi connectivity index (χ3v) is 3.28. The van der Waals surface area contributed by atoms with Crippen molar-refractivity contribution in [2.45, 2.75) is 39.2 Å². The van der Waals surface area contributed by atoms with Crippen LogP contribution in [0.5, 0.6) is 0 Å². The summed E-state index contributed by atoms with van der Waals surface area (Å²) >= 11 is 1.84. The lowest BCUT2D eigenvalue weighted by atomic mass is 10.1. The molecule has 0 aliphatic carbocycles. The fourth-order valence-electron chi connectivity index (χ4n) is 1.10. The molecular weight excluding hydrogens is 166 g/mol. The minimum Gasteiger partial charge on any atom is -0.321 e. The van der Waals surface area contributed by atoms with Gasteiger partial charge in [-0.25, -0.2) is 0 Å². The standard InChI is InChI=1S/C10H17NS/c1-4-5-8-6-7-9(12-8)10(2,3)11/h6-7H,4-5,11H2,1-3H3.